The maximum Gasteiger partial charge on any atom is 0.166 e. The van der Waals surface area contributed by atoms with Gasteiger partial charge in [-0.1, -0.05) is 24.9 Å². The van der Waals surface area contributed by atoms with E-state index in [4.69, 9.17) is 23.8 Å². The van der Waals surface area contributed by atoms with Crippen molar-refractivity contribution in [3.05, 3.63) is 35.5 Å². The van der Waals surface area contributed by atoms with E-state index in [1.165, 1.54) is 0 Å². The zero-order valence-electron chi connectivity index (χ0n) is 12.7. The molecule has 0 aliphatic rings. The van der Waals surface area contributed by atoms with Crippen molar-refractivity contribution in [2.75, 3.05) is 25.0 Å². The number of aromatic nitrogens is 1. The molecule has 4 nitrogen and oxygen atoms in total. The first-order valence-corrected chi connectivity index (χ1v) is 8.29. The lowest BCUT2D eigenvalue weighted by Gasteiger charge is -2.12. The molecule has 22 heavy (non-hydrogen) atoms. The molecule has 0 bridgehead atoms. The van der Waals surface area contributed by atoms with E-state index in [9.17, 15) is 0 Å². The second-order valence-electron chi connectivity index (χ2n) is 4.98. The van der Waals surface area contributed by atoms with Crippen LogP contribution in [0.4, 0.5) is 5.69 Å². The average molecular weight is 337 g/mol. The highest BCUT2D eigenvalue weighted by Gasteiger charge is 2.02. The summed E-state index contributed by atoms with van der Waals surface area (Å²) in [6.45, 7) is 4.62. The highest BCUT2D eigenvalue weighted by Crippen LogP contribution is 2.23. The van der Waals surface area contributed by atoms with Crippen molar-refractivity contribution in [2.24, 2.45) is 0 Å². The zero-order valence-corrected chi connectivity index (χ0v) is 14.2. The molecule has 0 saturated heterocycles. The van der Waals surface area contributed by atoms with E-state index in [1.54, 1.807) is 6.20 Å². The molecule has 0 unspecified atom stereocenters. The number of benzene rings is 1. The van der Waals surface area contributed by atoms with Crippen LogP contribution in [-0.2, 0) is 0 Å². The molecule has 1 heterocycles. The van der Waals surface area contributed by atoms with Gasteiger partial charge in [0.15, 0.2) is 5.11 Å². The van der Waals surface area contributed by atoms with Gasteiger partial charge in [-0.2, -0.15) is 0 Å². The van der Waals surface area contributed by atoms with E-state index >= 15 is 0 Å². The number of rotatable bonds is 7. The van der Waals surface area contributed by atoms with Gasteiger partial charge in [-0.05, 0) is 42.9 Å². The van der Waals surface area contributed by atoms with Crippen molar-refractivity contribution in [1.29, 1.82) is 0 Å². The monoisotopic (exact) mass is 336 g/mol. The molecule has 6 heteroatoms. The number of nitrogens with zero attached hydrogens (tertiary/aromatic N) is 1. The number of unbranched alkanes of at least 4 members (excludes halogenated alkanes) is 1. The van der Waals surface area contributed by atoms with Gasteiger partial charge >= 0.3 is 0 Å². The maximum absolute atomic E-state index is 5.99. The minimum Gasteiger partial charge on any atom is -0.383 e. The molecule has 0 fully saturated rings. The standard InChI is InChI=1S/C16H21ClN4S/c1-2-3-7-20-16(22)21-10-9-19-14-6-8-18-15-11-12(17)4-5-13(14)15/h4-6,8,11H,2-3,7,9-10H2,1H3,(H,18,19)(H2,20,21,22). The molecule has 0 amide bonds. The molecule has 0 aliphatic heterocycles. The van der Waals surface area contributed by atoms with Crippen molar-refractivity contribution in [3.8, 4) is 0 Å². The van der Waals surface area contributed by atoms with Crippen molar-refractivity contribution in [3.63, 3.8) is 0 Å². The minimum absolute atomic E-state index is 0.697. The van der Waals surface area contributed by atoms with E-state index in [0.29, 0.717) is 10.1 Å². The number of hydrogen-bond donors (Lipinski definition) is 3. The third-order valence-electron chi connectivity index (χ3n) is 3.25. The molecule has 1 aromatic heterocycles. The summed E-state index contributed by atoms with van der Waals surface area (Å²) >= 11 is 11.2. The predicted octanol–water partition coefficient (Wildman–Crippen LogP) is 3.56. The predicted molar refractivity (Wildman–Crippen MR) is 98.8 cm³/mol. The summed E-state index contributed by atoms with van der Waals surface area (Å²) in [7, 11) is 0. The molecule has 0 saturated carbocycles. The Morgan fingerprint density at radius 3 is 2.82 bits per heavy atom. The molecular formula is C16H21ClN4S. The molecule has 0 radical (unpaired) electrons. The van der Waals surface area contributed by atoms with Gasteiger partial charge in [0.1, 0.15) is 0 Å². The van der Waals surface area contributed by atoms with E-state index in [2.05, 4.69) is 27.9 Å². The Kier molecular flexibility index (Phi) is 6.68. The smallest absolute Gasteiger partial charge is 0.166 e. The molecule has 0 atom stereocenters. The van der Waals surface area contributed by atoms with Gasteiger partial charge in [-0.15, -0.1) is 0 Å². The lowest BCUT2D eigenvalue weighted by molar-refractivity contribution is 0.740. The maximum atomic E-state index is 5.99. The van der Waals surface area contributed by atoms with Gasteiger partial charge in [-0.3, -0.25) is 4.98 Å². The number of pyridine rings is 1. The number of anilines is 1. The van der Waals surface area contributed by atoms with Gasteiger partial charge in [0.05, 0.1) is 5.52 Å². The summed E-state index contributed by atoms with van der Waals surface area (Å²) in [5, 5.41) is 12.2. The quantitative estimate of drug-likeness (QED) is 0.533. The van der Waals surface area contributed by atoms with E-state index < -0.39 is 0 Å². The Morgan fingerprint density at radius 2 is 2.00 bits per heavy atom. The van der Waals surface area contributed by atoms with Crippen LogP contribution in [0.25, 0.3) is 10.9 Å². The number of halogens is 1. The van der Waals surface area contributed by atoms with Gasteiger partial charge in [0, 0.05) is 41.9 Å². The first-order valence-electron chi connectivity index (χ1n) is 7.50. The van der Waals surface area contributed by atoms with Crippen LogP contribution in [0.2, 0.25) is 5.02 Å². The topological polar surface area (TPSA) is 49.0 Å². The summed E-state index contributed by atoms with van der Waals surface area (Å²) in [6, 6.07) is 7.69. The van der Waals surface area contributed by atoms with E-state index in [-0.39, 0.29) is 0 Å². The minimum atomic E-state index is 0.697. The average Bonchev–Trinajstić information content (AvgIpc) is 2.51. The van der Waals surface area contributed by atoms with Gasteiger partial charge in [-0.25, -0.2) is 0 Å². The van der Waals surface area contributed by atoms with Crippen LogP contribution >= 0.6 is 23.8 Å². The zero-order chi connectivity index (χ0) is 15.8. The normalized spacial score (nSPS) is 10.5. The molecule has 118 valence electrons. The van der Waals surface area contributed by atoms with E-state index in [1.807, 2.05) is 24.3 Å². The van der Waals surface area contributed by atoms with Gasteiger partial charge < -0.3 is 16.0 Å². The van der Waals surface area contributed by atoms with Crippen molar-refractivity contribution >= 4 is 45.5 Å². The SMILES string of the molecule is CCCCNC(=S)NCCNc1ccnc2cc(Cl)ccc12. The third kappa shape index (κ3) is 5.00. The Labute approximate surface area is 141 Å². The number of fused-ring (bicyclic) bond motifs is 1. The molecule has 2 rings (SSSR count). The first kappa shape index (κ1) is 16.8. The highest BCUT2D eigenvalue weighted by atomic mass is 35.5. The lowest BCUT2D eigenvalue weighted by Crippen LogP contribution is -2.38. The first-order chi connectivity index (χ1) is 10.7. The largest absolute Gasteiger partial charge is 0.383 e. The molecule has 3 N–H and O–H groups in total. The summed E-state index contributed by atoms with van der Waals surface area (Å²) in [5.41, 5.74) is 1.94. The number of hydrogen-bond acceptors (Lipinski definition) is 3. The van der Waals surface area contributed by atoms with Crippen LogP contribution in [0.3, 0.4) is 0 Å². The van der Waals surface area contributed by atoms with Gasteiger partial charge in [0.25, 0.3) is 0 Å². The summed E-state index contributed by atoms with van der Waals surface area (Å²) in [5.74, 6) is 0. The Morgan fingerprint density at radius 1 is 1.18 bits per heavy atom. The van der Waals surface area contributed by atoms with Gasteiger partial charge in [0.2, 0.25) is 0 Å². The fourth-order valence-electron chi connectivity index (χ4n) is 2.09. The molecule has 0 spiro atoms. The number of thiocarbonyl (C=S) groups is 1. The van der Waals surface area contributed by atoms with Crippen LogP contribution in [0.1, 0.15) is 19.8 Å². The molecule has 0 aliphatic carbocycles. The Bertz CT molecular complexity index is 633. The summed E-state index contributed by atoms with van der Waals surface area (Å²) in [6.07, 6.45) is 4.08. The second kappa shape index (κ2) is 8.76. The summed E-state index contributed by atoms with van der Waals surface area (Å²) in [4.78, 5) is 4.33. The fourth-order valence-corrected chi connectivity index (χ4v) is 2.46. The van der Waals surface area contributed by atoms with Crippen LogP contribution < -0.4 is 16.0 Å². The lowest BCUT2D eigenvalue weighted by atomic mass is 10.2. The molecule has 1 aromatic carbocycles. The molecular weight excluding hydrogens is 316 g/mol. The molecule has 2 aromatic rings. The van der Waals surface area contributed by atoms with Crippen LogP contribution in [0.5, 0.6) is 0 Å². The Balaban J connectivity index is 1.81. The summed E-state index contributed by atoms with van der Waals surface area (Å²) < 4.78 is 0. The number of nitrogens with one attached hydrogen (secondary N) is 3. The van der Waals surface area contributed by atoms with Crippen LogP contribution in [-0.4, -0.2) is 29.7 Å². The highest BCUT2D eigenvalue weighted by molar-refractivity contribution is 7.80. The third-order valence-corrected chi connectivity index (χ3v) is 3.77. The van der Waals surface area contributed by atoms with Crippen molar-refractivity contribution < 1.29 is 0 Å². The van der Waals surface area contributed by atoms with Crippen molar-refractivity contribution in [2.45, 2.75) is 19.8 Å². The van der Waals surface area contributed by atoms with Crippen LogP contribution in [0.15, 0.2) is 30.5 Å². The van der Waals surface area contributed by atoms with E-state index in [0.717, 1.165) is 49.1 Å². The Hall–Kier alpha value is -1.59. The fraction of sp³-hybridized carbons (Fsp3) is 0.375. The second-order valence-corrected chi connectivity index (χ2v) is 5.83. The van der Waals surface area contributed by atoms with Crippen molar-refractivity contribution in [1.82, 2.24) is 15.6 Å². The van der Waals surface area contributed by atoms with Crippen LogP contribution in [0, 0.1) is 0 Å².